The summed E-state index contributed by atoms with van der Waals surface area (Å²) in [6.07, 6.45) is 0. The Morgan fingerprint density at radius 2 is 1.20 bits per heavy atom. The van der Waals surface area contributed by atoms with Crippen LogP contribution in [-0.2, 0) is 37.9 Å². The first-order valence-corrected chi connectivity index (χ1v) is 0.309. The van der Waals surface area contributed by atoms with E-state index in [1.807, 2.05) is 0 Å². The maximum atomic E-state index is 9.12. The van der Waals surface area contributed by atoms with Gasteiger partial charge in [-0.3, -0.25) is 0 Å². The summed E-state index contributed by atoms with van der Waals surface area (Å²) < 4.78 is 18.2. The molecule has 0 aromatic heterocycles. The molecule has 5 heavy (non-hydrogen) atoms. The second kappa shape index (κ2) is 18.0. The smallest absolute Gasteiger partial charge is 0.0104 e. The molecular weight excluding hydrogens is 170 g/mol. The molecule has 0 aliphatic carbocycles. The zero-order chi connectivity index (χ0) is 2.71. The standard InChI is InChI=1S/Al.F2O.Y.3H/c;1-3-2;;;;. The van der Waals surface area contributed by atoms with Crippen LogP contribution in [0.25, 0.3) is 0 Å². The van der Waals surface area contributed by atoms with Crippen molar-refractivity contribution in [2.24, 2.45) is 0 Å². The number of rotatable bonds is 0. The van der Waals surface area contributed by atoms with Crippen LogP contribution in [0, 0.1) is 0 Å². The van der Waals surface area contributed by atoms with Gasteiger partial charge >= 0.3 is 0 Å². The SMILES string of the molecule is FOF.[AlH3].[Y]. The zero-order valence-corrected chi connectivity index (χ0v) is 4.58. The molecule has 1 radical (unpaired) electrons. The molecule has 0 bridgehead atoms. The fourth-order valence-electron chi connectivity index (χ4n) is 0. The molecule has 0 rings (SSSR count). The predicted octanol–water partition coefficient (Wildman–Crippen LogP) is -0.414. The van der Waals surface area contributed by atoms with Gasteiger partial charge in [-0.05, 0) is 9.05 Å². The van der Waals surface area contributed by atoms with Crippen molar-refractivity contribution in [3.63, 3.8) is 0 Å². The van der Waals surface area contributed by atoms with Gasteiger partial charge in [-0.1, -0.05) is 0 Å². The second-order valence-electron chi connectivity index (χ2n) is 0.0583. The summed E-state index contributed by atoms with van der Waals surface area (Å²) >= 11 is 0. The molecule has 0 N–H and O–H groups in total. The van der Waals surface area contributed by atoms with Crippen molar-refractivity contribution in [2.75, 3.05) is 0 Å². The van der Waals surface area contributed by atoms with E-state index >= 15 is 0 Å². The third-order valence-electron chi connectivity index (χ3n) is 0. The van der Waals surface area contributed by atoms with Gasteiger partial charge in [0.1, 0.15) is 0 Å². The van der Waals surface area contributed by atoms with Gasteiger partial charge in [0.2, 0.25) is 0 Å². The minimum absolute atomic E-state index is 0. The van der Waals surface area contributed by atoms with E-state index in [9.17, 15) is 0 Å². The molecule has 0 saturated carbocycles. The van der Waals surface area contributed by atoms with Crippen molar-refractivity contribution in [2.45, 2.75) is 0 Å². The predicted molar refractivity (Wildman–Crippen MR) is 13.2 cm³/mol. The van der Waals surface area contributed by atoms with Gasteiger partial charge in [0, 0.05) is 37.9 Å². The van der Waals surface area contributed by atoms with Crippen molar-refractivity contribution in [1.29, 1.82) is 0 Å². The topological polar surface area (TPSA) is 9.23 Å². The molecular formula is H3AlF2OY. The van der Waals surface area contributed by atoms with Crippen molar-refractivity contribution < 1.29 is 46.9 Å². The molecule has 0 saturated heterocycles. The van der Waals surface area contributed by atoms with E-state index in [4.69, 9.17) is 9.05 Å². The molecule has 0 aromatic carbocycles. The first-order valence-electron chi connectivity index (χ1n) is 0.309. The first-order chi connectivity index (χ1) is 1.41. The third kappa shape index (κ3) is 30.7. The Bertz CT molecular complexity index is 9.61. The fourth-order valence-corrected chi connectivity index (χ4v) is 0. The monoisotopic (exact) mass is 173 g/mol. The summed E-state index contributed by atoms with van der Waals surface area (Å²) in [7, 11) is 0. The minimum atomic E-state index is 0. The van der Waals surface area contributed by atoms with Crippen molar-refractivity contribution >= 4 is 17.4 Å². The van der Waals surface area contributed by atoms with Crippen LogP contribution in [-0.4, -0.2) is 17.4 Å². The van der Waals surface area contributed by atoms with E-state index in [1.165, 1.54) is 5.15 Å². The van der Waals surface area contributed by atoms with Crippen LogP contribution in [0.15, 0.2) is 0 Å². The van der Waals surface area contributed by atoms with Gasteiger partial charge in [0.25, 0.3) is 0 Å². The van der Waals surface area contributed by atoms with Crippen molar-refractivity contribution in [1.82, 2.24) is 0 Å². The molecule has 0 atom stereocenters. The quantitative estimate of drug-likeness (QED) is 0.452. The maximum Gasteiger partial charge on any atom is 0.187 e. The molecule has 0 aliphatic heterocycles. The summed E-state index contributed by atoms with van der Waals surface area (Å²) in [6, 6.07) is 0. The number of halogens is 2. The molecule has 0 heterocycles. The largest absolute Gasteiger partial charge is 0.187 e. The molecule has 29 valence electrons. The number of hydrogen-bond donors (Lipinski definition) is 0. The molecule has 0 aliphatic rings. The van der Waals surface area contributed by atoms with E-state index in [2.05, 4.69) is 0 Å². The molecule has 0 fully saturated rings. The van der Waals surface area contributed by atoms with E-state index in [0.29, 0.717) is 0 Å². The van der Waals surface area contributed by atoms with Gasteiger partial charge < -0.3 is 0 Å². The fraction of sp³-hybridized carbons (Fsp3) is 0. The minimum Gasteiger partial charge on any atom is -0.0104 e. The van der Waals surface area contributed by atoms with E-state index in [-0.39, 0.29) is 50.1 Å². The Kier molecular flexibility index (Phi) is 57.8. The molecule has 5 heteroatoms. The Morgan fingerprint density at radius 1 is 1.20 bits per heavy atom. The Balaban J connectivity index is -0.0000000200. The maximum absolute atomic E-state index is 9.12. The normalized spacial score (nSPS) is 3.60. The summed E-state index contributed by atoms with van der Waals surface area (Å²) in [5, 5.41) is 1.25. The van der Waals surface area contributed by atoms with Crippen LogP contribution in [0.4, 0.5) is 9.05 Å². The van der Waals surface area contributed by atoms with Crippen LogP contribution in [0.3, 0.4) is 0 Å². The van der Waals surface area contributed by atoms with Crippen molar-refractivity contribution in [3.05, 3.63) is 0 Å². The van der Waals surface area contributed by atoms with Crippen LogP contribution < -0.4 is 0 Å². The van der Waals surface area contributed by atoms with Gasteiger partial charge in [-0.2, -0.15) is 0 Å². The second-order valence-corrected chi connectivity index (χ2v) is 0.0583. The van der Waals surface area contributed by atoms with Gasteiger partial charge in [-0.15, -0.1) is 0 Å². The molecule has 0 spiro atoms. The average Bonchev–Trinajstić information content (AvgIpc) is 0.918. The van der Waals surface area contributed by atoms with Crippen LogP contribution in [0.5, 0.6) is 0 Å². The average molecular weight is 173 g/mol. The summed E-state index contributed by atoms with van der Waals surface area (Å²) in [5.41, 5.74) is 0. The summed E-state index contributed by atoms with van der Waals surface area (Å²) in [6.45, 7) is 0. The number of hydrogen-bond acceptors (Lipinski definition) is 1. The Hall–Kier alpha value is 1.46. The molecule has 1 nitrogen and oxygen atoms in total. The van der Waals surface area contributed by atoms with E-state index in [0.717, 1.165) is 0 Å². The molecule has 0 amide bonds. The van der Waals surface area contributed by atoms with Crippen molar-refractivity contribution in [3.8, 4) is 0 Å². The van der Waals surface area contributed by atoms with Gasteiger partial charge in [0.05, 0.1) is 0 Å². The van der Waals surface area contributed by atoms with Crippen LogP contribution in [0.1, 0.15) is 0 Å². The molecule has 0 unspecified atom stereocenters. The third-order valence-corrected chi connectivity index (χ3v) is 0. The van der Waals surface area contributed by atoms with E-state index < -0.39 is 0 Å². The Morgan fingerprint density at radius 3 is 1.20 bits per heavy atom. The molecule has 0 aromatic rings. The van der Waals surface area contributed by atoms with Crippen LogP contribution >= 0.6 is 0 Å². The van der Waals surface area contributed by atoms with Gasteiger partial charge in [0.15, 0.2) is 17.4 Å². The van der Waals surface area contributed by atoms with E-state index in [1.54, 1.807) is 0 Å². The van der Waals surface area contributed by atoms with Crippen LogP contribution in [0.2, 0.25) is 0 Å². The zero-order valence-electron chi connectivity index (χ0n) is 1.74. The van der Waals surface area contributed by atoms with Gasteiger partial charge in [-0.25, -0.2) is 0 Å². The first kappa shape index (κ1) is 16.1. The summed E-state index contributed by atoms with van der Waals surface area (Å²) in [5.74, 6) is 0. The Labute approximate surface area is 63.9 Å². The summed E-state index contributed by atoms with van der Waals surface area (Å²) in [4.78, 5) is 0.